The Morgan fingerprint density at radius 3 is 2.31 bits per heavy atom. The summed E-state index contributed by atoms with van der Waals surface area (Å²) in [6.45, 7) is 0.658. The summed E-state index contributed by atoms with van der Waals surface area (Å²) in [5, 5.41) is 9.87. The maximum absolute atomic E-state index is 11.2. The van der Waals surface area contributed by atoms with Crippen molar-refractivity contribution in [3.8, 4) is 11.5 Å². The topological polar surface area (TPSA) is 55.8 Å². The van der Waals surface area contributed by atoms with Crippen LogP contribution >= 0.6 is 11.6 Å². The van der Waals surface area contributed by atoms with Crippen LogP contribution in [-0.4, -0.2) is 11.1 Å². The van der Waals surface area contributed by atoms with Crippen molar-refractivity contribution in [1.82, 2.24) is 0 Å². The number of carboxylic acids is 1. The van der Waals surface area contributed by atoms with E-state index in [2.05, 4.69) is 0 Å². The SMILES string of the molecule is O=C(O)c1ccccc1OCc1cccc(OCc2cccc(Cl)c2)c1. The highest BCUT2D eigenvalue weighted by molar-refractivity contribution is 6.30. The zero-order chi connectivity index (χ0) is 18.4. The minimum absolute atomic E-state index is 0.140. The van der Waals surface area contributed by atoms with Crippen LogP contribution in [0.1, 0.15) is 21.5 Å². The molecule has 3 aromatic rings. The second kappa shape index (κ2) is 8.41. The van der Waals surface area contributed by atoms with Gasteiger partial charge in [-0.05, 0) is 47.5 Å². The molecular weight excluding hydrogens is 352 g/mol. The number of para-hydroxylation sites is 1. The molecule has 0 saturated heterocycles. The van der Waals surface area contributed by atoms with Gasteiger partial charge in [0.15, 0.2) is 0 Å². The van der Waals surface area contributed by atoms with Crippen molar-refractivity contribution < 1.29 is 19.4 Å². The summed E-state index contributed by atoms with van der Waals surface area (Å²) in [5.74, 6) is 0.0297. The van der Waals surface area contributed by atoms with Crippen LogP contribution < -0.4 is 9.47 Å². The number of hydrogen-bond acceptors (Lipinski definition) is 3. The first-order chi connectivity index (χ1) is 12.6. The highest BCUT2D eigenvalue weighted by atomic mass is 35.5. The maximum Gasteiger partial charge on any atom is 0.339 e. The van der Waals surface area contributed by atoms with Crippen molar-refractivity contribution >= 4 is 17.6 Å². The molecule has 0 amide bonds. The van der Waals surface area contributed by atoms with Crippen molar-refractivity contribution in [2.45, 2.75) is 13.2 Å². The molecule has 0 saturated carbocycles. The van der Waals surface area contributed by atoms with Crippen molar-refractivity contribution in [3.05, 3.63) is 94.5 Å². The Kier molecular flexibility index (Phi) is 5.77. The van der Waals surface area contributed by atoms with Crippen molar-refractivity contribution in [3.63, 3.8) is 0 Å². The fourth-order valence-corrected chi connectivity index (χ4v) is 2.66. The fourth-order valence-electron chi connectivity index (χ4n) is 2.45. The van der Waals surface area contributed by atoms with Gasteiger partial charge >= 0.3 is 5.97 Å². The van der Waals surface area contributed by atoms with Crippen LogP contribution in [0, 0.1) is 0 Å². The van der Waals surface area contributed by atoms with E-state index < -0.39 is 5.97 Å². The number of ether oxygens (including phenoxy) is 2. The van der Waals surface area contributed by atoms with E-state index in [1.807, 2.05) is 48.5 Å². The maximum atomic E-state index is 11.2. The summed E-state index contributed by atoms with van der Waals surface area (Å²) in [6.07, 6.45) is 0. The molecule has 0 aliphatic carbocycles. The molecule has 0 aromatic heterocycles. The van der Waals surface area contributed by atoms with E-state index in [9.17, 15) is 9.90 Å². The highest BCUT2D eigenvalue weighted by Crippen LogP contribution is 2.21. The van der Waals surface area contributed by atoms with Gasteiger partial charge in [0.1, 0.15) is 30.3 Å². The van der Waals surface area contributed by atoms with E-state index in [4.69, 9.17) is 21.1 Å². The Bertz CT molecular complexity index is 908. The van der Waals surface area contributed by atoms with E-state index in [0.29, 0.717) is 23.1 Å². The van der Waals surface area contributed by atoms with Gasteiger partial charge in [-0.15, -0.1) is 0 Å². The quantitative estimate of drug-likeness (QED) is 0.623. The lowest BCUT2D eigenvalue weighted by Crippen LogP contribution is -2.03. The average Bonchev–Trinajstić information content (AvgIpc) is 2.65. The molecule has 0 heterocycles. The average molecular weight is 369 g/mol. The van der Waals surface area contributed by atoms with E-state index in [1.165, 1.54) is 6.07 Å². The smallest absolute Gasteiger partial charge is 0.339 e. The fraction of sp³-hybridized carbons (Fsp3) is 0.0952. The first kappa shape index (κ1) is 17.8. The molecule has 5 heteroatoms. The standard InChI is InChI=1S/C21H17ClO4/c22-17-7-3-5-15(11-17)13-25-18-8-4-6-16(12-18)14-26-20-10-2-1-9-19(20)21(23)24/h1-12H,13-14H2,(H,23,24). The monoisotopic (exact) mass is 368 g/mol. The van der Waals surface area contributed by atoms with E-state index >= 15 is 0 Å². The molecule has 26 heavy (non-hydrogen) atoms. The van der Waals surface area contributed by atoms with Crippen molar-refractivity contribution in [2.75, 3.05) is 0 Å². The van der Waals surface area contributed by atoms with Gasteiger partial charge in [0.05, 0.1) is 0 Å². The molecule has 4 nitrogen and oxygen atoms in total. The summed E-state index contributed by atoms with van der Waals surface area (Å²) >= 11 is 5.97. The zero-order valence-corrected chi connectivity index (χ0v) is 14.6. The third kappa shape index (κ3) is 4.77. The van der Waals surface area contributed by atoms with Crippen LogP contribution in [0.25, 0.3) is 0 Å². The Morgan fingerprint density at radius 1 is 0.846 bits per heavy atom. The molecule has 0 fully saturated rings. The molecule has 0 unspecified atom stereocenters. The lowest BCUT2D eigenvalue weighted by molar-refractivity contribution is 0.0691. The van der Waals surface area contributed by atoms with E-state index in [0.717, 1.165) is 11.1 Å². The molecule has 0 radical (unpaired) electrons. The van der Waals surface area contributed by atoms with Crippen LogP contribution in [0.3, 0.4) is 0 Å². The number of hydrogen-bond donors (Lipinski definition) is 1. The third-order valence-electron chi connectivity index (χ3n) is 3.70. The van der Waals surface area contributed by atoms with Gasteiger partial charge in [0, 0.05) is 5.02 Å². The number of halogens is 1. The number of carbonyl (C=O) groups is 1. The van der Waals surface area contributed by atoms with Crippen LogP contribution in [0.15, 0.2) is 72.8 Å². The molecule has 0 bridgehead atoms. The lowest BCUT2D eigenvalue weighted by atomic mass is 10.2. The van der Waals surface area contributed by atoms with Gasteiger partial charge in [0.2, 0.25) is 0 Å². The number of benzene rings is 3. The Labute approximate surface area is 156 Å². The van der Waals surface area contributed by atoms with E-state index in [1.54, 1.807) is 18.2 Å². The van der Waals surface area contributed by atoms with Gasteiger partial charge in [-0.1, -0.05) is 48.0 Å². The van der Waals surface area contributed by atoms with Crippen LogP contribution in [-0.2, 0) is 13.2 Å². The van der Waals surface area contributed by atoms with Crippen LogP contribution in [0.4, 0.5) is 0 Å². The summed E-state index contributed by atoms with van der Waals surface area (Å²) in [6, 6.07) is 21.6. The van der Waals surface area contributed by atoms with Gasteiger partial charge in [-0.3, -0.25) is 0 Å². The molecule has 0 spiro atoms. The second-order valence-electron chi connectivity index (χ2n) is 5.66. The third-order valence-corrected chi connectivity index (χ3v) is 3.94. The summed E-state index contributed by atoms with van der Waals surface area (Å²) < 4.78 is 11.5. The van der Waals surface area contributed by atoms with Crippen molar-refractivity contribution in [1.29, 1.82) is 0 Å². The molecule has 1 N–H and O–H groups in total. The zero-order valence-electron chi connectivity index (χ0n) is 13.9. The number of carboxylic acid groups (broad SMARTS) is 1. The van der Waals surface area contributed by atoms with Gasteiger partial charge in [-0.2, -0.15) is 0 Å². The highest BCUT2D eigenvalue weighted by Gasteiger charge is 2.10. The van der Waals surface area contributed by atoms with Crippen LogP contribution in [0.5, 0.6) is 11.5 Å². The molecule has 0 aliphatic heterocycles. The first-order valence-electron chi connectivity index (χ1n) is 8.03. The van der Waals surface area contributed by atoms with Crippen molar-refractivity contribution in [2.24, 2.45) is 0 Å². The lowest BCUT2D eigenvalue weighted by Gasteiger charge is -2.11. The van der Waals surface area contributed by atoms with E-state index in [-0.39, 0.29) is 12.2 Å². The summed E-state index contributed by atoms with van der Waals surface area (Å²) in [7, 11) is 0. The molecular formula is C21H17ClO4. The van der Waals surface area contributed by atoms with Gasteiger partial charge in [0.25, 0.3) is 0 Å². The first-order valence-corrected chi connectivity index (χ1v) is 8.41. The predicted octanol–water partition coefficient (Wildman–Crippen LogP) is 5.20. The predicted molar refractivity (Wildman–Crippen MR) is 100.0 cm³/mol. The number of rotatable bonds is 7. The Hall–Kier alpha value is -2.98. The van der Waals surface area contributed by atoms with Gasteiger partial charge < -0.3 is 14.6 Å². The second-order valence-corrected chi connectivity index (χ2v) is 6.09. The summed E-state index contributed by atoms with van der Waals surface area (Å²) in [4.78, 5) is 11.2. The largest absolute Gasteiger partial charge is 0.489 e. The molecule has 3 rings (SSSR count). The minimum atomic E-state index is -1.01. The molecule has 0 aliphatic rings. The Balaban J connectivity index is 1.63. The molecule has 3 aromatic carbocycles. The Morgan fingerprint density at radius 2 is 1.54 bits per heavy atom. The molecule has 0 atom stereocenters. The normalized spacial score (nSPS) is 10.3. The van der Waals surface area contributed by atoms with Gasteiger partial charge in [-0.25, -0.2) is 4.79 Å². The minimum Gasteiger partial charge on any atom is -0.489 e. The molecule has 132 valence electrons. The van der Waals surface area contributed by atoms with Crippen LogP contribution in [0.2, 0.25) is 5.02 Å². The number of aromatic carboxylic acids is 1. The summed E-state index contributed by atoms with van der Waals surface area (Å²) in [5.41, 5.74) is 2.00.